The minimum absolute atomic E-state index is 0.106. The van der Waals surface area contributed by atoms with Gasteiger partial charge in [0.25, 0.3) is 5.56 Å². The molecule has 1 spiro atoms. The third kappa shape index (κ3) is 2.53. The lowest BCUT2D eigenvalue weighted by molar-refractivity contribution is 0.0790. The van der Waals surface area contributed by atoms with Crippen LogP contribution in [0, 0.1) is 0 Å². The molecule has 0 fully saturated rings. The average Bonchev–Trinajstić information content (AvgIpc) is 3.36. The van der Waals surface area contributed by atoms with E-state index in [4.69, 9.17) is 9.94 Å². The number of pyridine rings is 1. The molecule has 6 rings (SSSR count). The van der Waals surface area contributed by atoms with Crippen molar-refractivity contribution in [1.29, 1.82) is 0 Å². The number of phenols is 3. The van der Waals surface area contributed by atoms with Crippen LogP contribution in [-0.2, 0) is 16.6 Å². The zero-order chi connectivity index (χ0) is 27.3. The van der Waals surface area contributed by atoms with Crippen LogP contribution in [0.3, 0.4) is 0 Å². The molecule has 0 aliphatic heterocycles. The number of aromatic hydroxyl groups is 3. The number of ether oxygens (including phenoxy) is 1. The van der Waals surface area contributed by atoms with Crippen molar-refractivity contribution in [3.63, 3.8) is 0 Å². The number of aromatic nitrogens is 1. The smallest absolute Gasteiger partial charge is 0.260 e. The van der Waals surface area contributed by atoms with E-state index in [1.165, 1.54) is 12.1 Å². The van der Waals surface area contributed by atoms with E-state index in [1.807, 2.05) is 0 Å². The lowest BCUT2D eigenvalue weighted by atomic mass is 9.76. The van der Waals surface area contributed by atoms with E-state index in [2.05, 4.69) is 10.1 Å². The Bertz CT molecular complexity index is 1850. The molecule has 1 aromatic heterocycles. The maximum absolute atomic E-state index is 13.9. The molecule has 0 amide bonds. The van der Waals surface area contributed by atoms with Gasteiger partial charge in [0.05, 0.1) is 46.7 Å². The number of aromatic amines is 1. The Morgan fingerprint density at radius 3 is 2.24 bits per heavy atom. The minimum Gasteiger partial charge on any atom is -0.507 e. The van der Waals surface area contributed by atoms with Gasteiger partial charge in [0.1, 0.15) is 22.7 Å². The Morgan fingerprint density at radius 1 is 0.947 bits per heavy atom. The van der Waals surface area contributed by atoms with Gasteiger partial charge in [-0.15, -0.1) is 0 Å². The SMILES string of the molecule is COC1=CC(=O)c2c(O)c3c(c(O)c2C1=O)C(=O)C1(CCc2cc4cc(C=NO)[nH]c(=O)c4c(O)c21)C3=O. The van der Waals surface area contributed by atoms with E-state index in [0.29, 0.717) is 5.56 Å². The van der Waals surface area contributed by atoms with Crippen LogP contribution in [-0.4, -0.2) is 62.0 Å². The first-order valence-electron chi connectivity index (χ1n) is 11.2. The molecule has 1 heterocycles. The van der Waals surface area contributed by atoms with Crippen molar-refractivity contribution in [2.45, 2.75) is 18.3 Å². The number of aryl methyl sites for hydroxylation is 1. The topological polar surface area (TPSA) is 204 Å². The van der Waals surface area contributed by atoms with E-state index in [9.17, 15) is 39.3 Å². The summed E-state index contributed by atoms with van der Waals surface area (Å²) in [5.74, 6) is -6.81. The molecule has 12 heteroatoms. The van der Waals surface area contributed by atoms with Crippen LogP contribution in [0.25, 0.3) is 10.8 Å². The maximum atomic E-state index is 13.9. The maximum Gasteiger partial charge on any atom is 0.260 e. The molecule has 3 aliphatic carbocycles. The third-order valence-electron chi connectivity index (χ3n) is 7.46. The third-order valence-corrected chi connectivity index (χ3v) is 7.46. The van der Waals surface area contributed by atoms with Crippen LogP contribution in [0.2, 0.25) is 0 Å². The van der Waals surface area contributed by atoms with Crippen molar-refractivity contribution < 1.29 is 44.4 Å². The molecule has 0 saturated carbocycles. The van der Waals surface area contributed by atoms with Crippen LogP contribution in [0.5, 0.6) is 17.2 Å². The number of carbonyl (C=O) groups excluding carboxylic acids is 4. The van der Waals surface area contributed by atoms with Crippen molar-refractivity contribution in [1.82, 2.24) is 4.98 Å². The summed E-state index contributed by atoms with van der Waals surface area (Å²) in [5.41, 5.74) is -5.16. The Labute approximate surface area is 211 Å². The lowest BCUT2D eigenvalue weighted by Crippen LogP contribution is -2.36. The number of ketones is 4. The van der Waals surface area contributed by atoms with Gasteiger partial charge in [-0.1, -0.05) is 11.2 Å². The zero-order valence-corrected chi connectivity index (χ0v) is 19.4. The van der Waals surface area contributed by atoms with Gasteiger partial charge in [-0.05, 0) is 29.9 Å². The van der Waals surface area contributed by atoms with E-state index >= 15 is 0 Å². The van der Waals surface area contributed by atoms with Gasteiger partial charge in [0.15, 0.2) is 23.1 Å². The number of nitrogens with one attached hydrogen (secondary N) is 1. The highest BCUT2D eigenvalue weighted by atomic mass is 16.5. The monoisotopic (exact) mass is 516 g/mol. The zero-order valence-electron chi connectivity index (χ0n) is 19.4. The molecule has 0 radical (unpaired) electrons. The molecule has 190 valence electrons. The second kappa shape index (κ2) is 7.38. The van der Waals surface area contributed by atoms with Crippen LogP contribution in [0.1, 0.15) is 64.7 Å². The number of oxime groups is 1. The Balaban J connectivity index is 1.64. The molecule has 0 saturated heterocycles. The van der Waals surface area contributed by atoms with E-state index in [0.717, 1.165) is 19.4 Å². The average molecular weight is 516 g/mol. The molecule has 3 aliphatic rings. The standard InChI is InChI=1S/C26H16N2O10/c1-38-12-6-11(29)14-15(19(12)30)21(32)17-16(20(14)31)23(34)26(24(17)35)3-2-8-4-9-5-10(7-27-37)28-25(36)13(9)22(33)18(8)26/h4-7,31-33,37H,2-3H2,1H3,(H,28,36). The van der Waals surface area contributed by atoms with Crippen LogP contribution in [0.15, 0.2) is 33.9 Å². The number of Topliss-reactive ketones (excluding diaryl/α,β-unsaturated/α-hetero) is 3. The number of methoxy groups -OCH3 is 1. The first kappa shape index (κ1) is 23.2. The Kier molecular flexibility index (Phi) is 4.50. The van der Waals surface area contributed by atoms with E-state index in [1.54, 1.807) is 0 Å². The van der Waals surface area contributed by atoms with Crippen molar-refractivity contribution in [2.75, 3.05) is 7.11 Å². The molecular formula is C26H16N2O10. The van der Waals surface area contributed by atoms with Crippen LogP contribution >= 0.6 is 0 Å². The summed E-state index contributed by atoms with van der Waals surface area (Å²) in [6.45, 7) is 0. The van der Waals surface area contributed by atoms with Gasteiger partial charge in [0.2, 0.25) is 5.78 Å². The summed E-state index contributed by atoms with van der Waals surface area (Å²) >= 11 is 0. The number of nitrogens with zero attached hydrogens (tertiary/aromatic N) is 1. The molecule has 0 bridgehead atoms. The molecule has 1 unspecified atom stereocenters. The number of carbonyl (C=O) groups is 4. The highest BCUT2D eigenvalue weighted by molar-refractivity contribution is 6.38. The van der Waals surface area contributed by atoms with E-state index in [-0.39, 0.29) is 34.9 Å². The summed E-state index contributed by atoms with van der Waals surface area (Å²) in [6, 6.07) is 2.94. The molecule has 12 nitrogen and oxygen atoms in total. The summed E-state index contributed by atoms with van der Waals surface area (Å²) in [6.07, 6.45) is 1.72. The fraction of sp³-hybridized carbons (Fsp3) is 0.154. The van der Waals surface area contributed by atoms with Crippen molar-refractivity contribution in [2.24, 2.45) is 5.16 Å². The molecule has 38 heavy (non-hydrogen) atoms. The fourth-order valence-corrected chi connectivity index (χ4v) is 5.89. The number of allylic oxidation sites excluding steroid dienone is 2. The van der Waals surface area contributed by atoms with Crippen molar-refractivity contribution >= 4 is 40.1 Å². The number of benzene rings is 2. The Hall–Kier alpha value is -5.26. The number of hydrogen-bond donors (Lipinski definition) is 5. The highest BCUT2D eigenvalue weighted by Gasteiger charge is 2.61. The first-order valence-corrected chi connectivity index (χ1v) is 11.2. The summed E-state index contributed by atoms with van der Waals surface area (Å²) in [7, 11) is 1.12. The van der Waals surface area contributed by atoms with Crippen molar-refractivity contribution in [3.05, 3.63) is 73.4 Å². The second-order valence-electron chi connectivity index (χ2n) is 9.19. The number of hydrogen-bond acceptors (Lipinski definition) is 11. The van der Waals surface area contributed by atoms with Gasteiger partial charge >= 0.3 is 0 Å². The minimum atomic E-state index is -2.11. The molecule has 1 atom stereocenters. The molecule has 3 aromatic rings. The summed E-state index contributed by atoms with van der Waals surface area (Å²) in [5, 5.41) is 45.0. The summed E-state index contributed by atoms with van der Waals surface area (Å²) < 4.78 is 4.88. The largest absolute Gasteiger partial charge is 0.507 e. The highest BCUT2D eigenvalue weighted by Crippen LogP contribution is 2.57. The number of rotatable bonds is 2. The van der Waals surface area contributed by atoms with Gasteiger partial charge in [0, 0.05) is 11.6 Å². The van der Waals surface area contributed by atoms with Gasteiger partial charge < -0.3 is 30.2 Å². The number of fused-ring (bicyclic) bond motifs is 5. The van der Waals surface area contributed by atoms with Crippen LogP contribution < -0.4 is 5.56 Å². The predicted octanol–water partition coefficient (Wildman–Crippen LogP) is 1.63. The van der Waals surface area contributed by atoms with Gasteiger partial charge in [-0.3, -0.25) is 24.0 Å². The molecule has 2 aromatic carbocycles. The second-order valence-corrected chi connectivity index (χ2v) is 9.19. The van der Waals surface area contributed by atoms with Crippen molar-refractivity contribution in [3.8, 4) is 17.2 Å². The summed E-state index contributed by atoms with van der Waals surface area (Å²) in [4.78, 5) is 68.6. The Morgan fingerprint density at radius 2 is 1.61 bits per heavy atom. The molecule has 5 N–H and O–H groups in total. The number of phenolic OH excluding ortho intramolecular Hbond substituents is 3. The fourth-order valence-electron chi connectivity index (χ4n) is 5.89. The van der Waals surface area contributed by atoms with Gasteiger partial charge in [-0.2, -0.15) is 0 Å². The van der Waals surface area contributed by atoms with Crippen LogP contribution in [0.4, 0.5) is 0 Å². The normalized spacial score (nSPS) is 19.9. The first-order chi connectivity index (χ1) is 18.1. The molecular weight excluding hydrogens is 500 g/mol. The van der Waals surface area contributed by atoms with E-state index < -0.39 is 79.4 Å². The van der Waals surface area contributed by atoms with Gasteiger partial charge in [-0.25, -0.2) is 0 Å². The lowest BCUT2D eigenvalue weighted by Gasteiger charge is -2.22. The number of H-pyrrole nitrogens is 1. The predicted molar refractivity (Wildman–Crippen MR) is 128 cm³/mol. The quantitative estimate of drug-likeness (QED) is 0.109.